The molecule has 124 valence electrons. The van der Waals surface area contributed by atoms with Gasteiger partial charge in [0.15, 0.2) is 17.0 Å². The number of nitrogens with two attached hydrogens (primary N) is 2. The first-order valence-electron chi connectivity index (χ1n) is 7.38. The molecule has 0 saturated carbocycles. The third kappa shape index (κ3) is 3.27. The smallest absolute Gasteiger partial charge is 0.405 e. The van der Waals surface area contributed by atoms with Gasteiger partial charge in [-0.3, -0.25) is 5.10 Å². The number of primary amides is 1. The average Bonchev–Trinajstić information content (AvgIpc) is 2.87. The highest BCUT2D eigenvalue weighted by Crippen LogP contribution is 2.23. The molecular formula is C16H18N6O2. The number of ether oxygens (including phenoxy) is 1. The summed E-state index contributed by atoms with van der Waals surface area (Å²) >= 11 is 0. The number of hydrogen-bond donors (Lipinski definition) is 3. The number of amides is 1. The van der Waals surface area contributed by atoms with E-state index in [4.69, 9.17) is 16.2 Å². The number of nitrogens with one attached hydrogen (secondary N) is 1. The summed E-state index contributed by atoms with van der Waals surface area (Å²) in [6, 6.07) is 7.78. The number of nitrogen functional groups attached to an aromatic ring is 1. The summed E-state index contributed by atoms with van der Waals surface area (Å²) in [5.41, 5.74) is 13.9. The lowest BCUT2D eigenvalue weighted by Crippen LogP contribution is -2.33. The van der Waals surface area contributed by atoms with Crippen LogP contribution in [0.2, 0.25) is 0 Å². The van der Waals surface area contributed by atoms with Gasteiger partial charge in [0.2, 0.25) is 0 Å². The molecule has 3 rings (SSSR count). The van der Waals surface area contributed by atoms with Gasteiger partial charge in [0.05, 0.1) is 11.9 Å². The minimum Gasteiger partial charge on any atom is -0.443 e. The molecule has 0 saturated heterocycles. The Morgan fingerprint density at radius 2 is 2.00 bits per heavy atom. The molecule has 24 heavy (non-hydrogen) atoms. The third-order valence-electron chi connectivity index (χ3n) is 3.55. The van der Waals surface area contributed by atoms with E-state index in [0.717, 1.165) is 11.1 Å². The highest BCUT2D eigenvalue weighted by atomic mass is 16.6. The first kappa shape index (κ1) is 15.7. The number of aromatic amines is 1. The van der Waals surface area contributed by atoms with Crippen molar-refractivity contribution < 1.29 is 9.53 Å². The number of nitrogens with zero attached hydrogens (tertiary/aromatic N) is 3. The molecule has 1 amide bonds. The van der Waals surface area contributed by atoms with Gasteiger partial charge in [0, 0.05) is 12.0 Å². The molecule has 0 unspecified atom stereocenters. The fourth-order valence-corrected chi connectivity index (χ4v) is 2.55. The van der Waals surface area contributed by atoms with E-state index in [1.54, 1.807) is 6.20 Å². The van der Waals surface area contributed by atoms with Gasteiger partial charge in [-0.15, -0.1) is 0 Å². The fraction of sp³-hybridized carbons (Fsp3) is 0.250. The van der Waals surface area contributed by atoms with Crippen molar-refractivity contribution in [1.29, 1.82) is 0 Å². The van der Waals surface area contributed by atoms with Crippen LogP contribution in [-0.4, -0.2) is 31.9 Å². The minimum atomic E-state index is -0.779. The van der Waals surface area contributed by atoms with Gasteiger partial charge >= 0.3 is 6.09 Å². The van der Waals surface area contributed by atoms with E-state index in [2.05, 4.69) is 20.2 Å². The molecule has 0 bridgehead atoms. The van der Waals surface area contributed by atoms with Gasteiger partial charge in [0.1, 0.15) is 5.60 Å². The van der Waals surface area contributed by atoms with Crippen LogP contribution < -0.4 is 11.5 Å². The Bertz CT molecular complexity index is 885. The quantitative estimate of drug-likeness (QED) is 0.671. The van der Waals surface area contributed by atoms with Crippen LogP contribution in [0.1, 0.15) is 19.4 Å². The highest BCUT2D eigenvalue weighted by Gasteiger charge is 2.22. The zero-order chi connectivity index (χ0) is 17.3. The van der Waals surface area contributed by atoms with Crippen molar-refractivity contribution in [2.45, 2.75) is 25.9 Å². The number of rotatable bonds is 4. The number of H-pyrrole nitrogens is 1. The average molecular weight is 326 g/mol. The van der Waals surface area contributed by atoms with Crippen molar-refractivity contribution in [3.05, 3.63) is 36.0 Å². The van der Waals surface area contributed by atoms with Crippen molar-refractivity contribution >= 4 is 23.1 Å². The number of aromatic nitrogens is 4. The second kappa shape index (κ2) is 5.80. The predicted octanol–water partition coefficient (Wildman–Crippen LogP) is 2.02. The molecule has 0 spiro atoms. The van der Waals surface area contributed by atoms with Crippen LogP contribution >= 0.6 is 0 Å². The number of carbonyl (C=O) groups excluding carboxylic acids is 1. The van der Waals surface area contributed by atoms with Crippen LogP contribution in [0.5, 0.6) is 0 Å². The SMILES string of the molecule is CC(C)(Cc1ccc(-c2cnc3c(N)n[nH]c3n2)cc1)OC(N)=O. The Balaban J connectivity index is 1.81. The molecule has 0 aliphatic heterocycles. The first-order valence-corrected chi connectivity index (χ1v) is 7.38. The van der Waals surface area contributed by atoms with Crippen LogP contribution in [0, 0.1) is 0 Å². The van der Waals surface area contributed by atoms with E-state index < -0.39 is 11.7 Å². The van der Waals surface area contributed by atoms with Crippen molar-refractivity contribution in [3.63, 3.8) is 0 Å². The largest absolute Gasteiger partial charge is 0.443 e. The second-order valence-electron chi connectivity index (χ2n) is 6.12. The van der Waals surface area contributed by atoms with Crippen LogP contribution in [0.25, 0.3) is 22.4 Å². The van der Waals surface area contributed by atoms with Crippen LogP contribution in [-0.2, 0) is 11.2 Å². The van der Waals surface area contributed by atoms with E-state index in [1.807, 2.05) is 38.1 Å². The molecule has 2 heterocycles. The normalized spacial score (nSPS) is 11.6. The Hall–Kier alpha value is -3.16. The van der Waals surface area contributed by atoms with Gasteiger partial charge in [-0.25, -0.2) is 14.8 Å². The fourth-order valence-electron chi connectivity index (χ4n) is 2.55. The van der Waals surface area contributed by atoms with Crippen molar-refractivity contribution in [1.82, 2.24) is 20.2 Å². The molecule has 0 fully saturated rings. The number of benzene rings is 1. The van der Waals surface area contributed by atoms with E-state index in [-0.39, 0.29) is 0 Å². The van der Waals surface area contributed by atoms with Crippen LogP contribution in [0.3, 0.4) is 0 Å². The Labute approximate surface area is 138 Å². The van der Waals surface area contributed by atoms with E-state index in [9.17, 15) is 4.79 Å². The summed E-state index contributed by atoms with van der Waals surface area (Å²) in [5, 5.41) is 6.63. The second-order valence-corrected chi connectivity index (χ2v) is 6.12. The maximum Gasteiger partial charge on any atom is 0.405 e. The van der Waals surface area contributed by atoms with Crippen molar-refractivity contribution in [2.75, 3.05) is 5.73 Å². The molecule has 3 aromatic rings. The first-order chi connectivity index (χ1) is 11.3. The van der Waals surface area contributed by atoms with Gasteiger partial charge in [0.25, 0.3) is 0 Å². The standard InChI is InChI=1S/C16H18N6O2/c1-16(2,24-15(18)23)7-9-3-5-10(6-4-9)11-8-19-12-13(17)21-22-14(12)20-11/h3-6,8H,7H2,1-2H3,(H2,18,23)(H3,17,20,21,22). The number of carbonyl (C=O) groups is 1. The molecule has 8 heteroatoms. The number of hydrogen-bond acceptors (Lipinski definition) is 6. The number of anilines is 1. The molecule has 1 aromatic carbocycles. The Morgan fingerprint density at radius 3 is 2.67 bits per heavy atom. The monoisotopic (exact) mass is 326 g/mol. The van der Waals surface area contributed by atoms with Crippen molar-refractivity contribution in [3.8, 4) is 11.3 Å². The molecule has 0 atom stereocenters. The summed E-state index contributed by atoms with van der Waals surface area (Å²) in [7, 11) is 0. The maximum atomic E-state index is 10.9. The topological polar surface area (TPSA) is 133 Å². The Morgan fingerprint density at radius 1 is 1.29 bits per heavy atom. The van der Waals surface area contributed by atoms with Gasteiger partial charge in [-0.05, 0) is 19.4 Å². The lowest BCUT2D eigenvalue weighted by molar-refractivity contribution is 0.0460. The molecule has 0 radical (unpaired) electrons. The third-order valence-corrected chi connectivity index (χ3v) is 3.55. The van der Waals surface area contributed by atoms with Gasteiger partial charge in [-0.2, -0.15) is 5.10 Å². The molecular weight excluding hydrogens is 308 g/mol. The van der Waals surface area contributed by atoms with E-state index in [1.165, 1.54) is 0 Å². The zero-order valence-corrected chi connectivity index (χ0v) is 13.4. The maximum absolute atomic E-state index is 10.9. The van der Waals surface area contributed by atoms with Crippen LogP contribution in [0.4, 0.5) is 10.6 Å². The predicted molar refractivity (Wildman–Crippen MR) is 90.0 cm³/mol. The van der Waals surface area contributed by atoms with Crippen molar-refractivity contribution in [2.24, 2.45) is 5.73 Å². The lowest BCUT2D eigenvalue weighted by atomic mass is 9.97. The molecule has 8 nitrogen and oxygen atoms in total. The highest BCUT2D eigenvalue weighted by molar-refractivity contribution is 5.82. The molecule has 5 N–H and O–H groups in total. The minimum absolute atomic E-state index is 0.330. The molecule has 2 aromatic heterocycles. The zero-order valence-electron chi connectivity index (χ0n) is 13.4. The summed E-state index contributed by atoms with van der Waals surface area (Å²) in [5.74, 6) is 0.330. The lowest BCUT2D eigenvalue weighted by Gasteiger charge is -2.24. The Kier molecular flexibility index (Phi) is 3.80. The summed E-state index contributed by atoms with van der Waals surface area (Å²) < 4.78 is 5.10. The molecule has 0 aliphatic rings. The van der Waals surface area contributed by atoms with Crippen LogP contribution in [0.15, 0.2) is 30.5 Å². The number of fused-ring (bicyclic) bond motifs is 1. The van der Waals surface area contributed by atoms with E-state index in [0.29, 0.717) is 29.1 Å². The van der Waals surface area contributed by atoms with E-state index >= 15 is 0 Å². The summed E-state index contributed by atoms with van der Waals surface area (Å²) in [4.78, 5) is 19.7. The van der Waals surface area contributed by atoms with Gasteiger partial charge in [-0.1, -0.05) is 24.3 Å². The summed E-state index contributed by atoms with van der Waals surface area (Å²) in [6.45, 7) is 3.63. The van der Waals surface area contributed by atoms with Gasteiger partial charge < -0.3 is 16.2 Å². The summed E-state index contributed by atoms with van der Waals surface area (Å²) in [6.07, 6.45) is 1.43. The molecule has 0 aliphatic carbocycles.